The van der Waals surface area contributed by atoms with E-state index in [-0.39, 0.29) is 5.91 Å². The monoisotopic (exact) mass is 251 g/mol. The van der Waals surface area contributed by atoms with Crippen molar-refractivity contribution >= 4 is 11.7 Å². The molecule has 0 atom stereocenters. The summed E-state index contributed by atoms with van der Waals surface area (Å²) in [5, 5.41) is 13.4. The lowest BCUT2D eigenvalue weighted by Crippen LogP contribution is -2.26. The van der Waals surface area contributed by atoms with Gasteiger partial charge < -0.3 is 15.5 Å². The van der Waals surface area contributed by atoms with Gasteiger partial charge in [-0.1, -0.05) is 0 Å². The Balaban J connectivity index is 2.27. The van der Waals surface area contributed by atoms with Crippen molar-refractivity contribution in [1.82, 2.24) is 20.4 Å². The fourth-order valence-corrected chi connectivity index (χ4v) is 1.43. The standard InChI is InChI=1S/C12H21N5O/c1-13-11-7-6-10(15-16-11)12(18)14-8-4-5-9-17(2)3/h6-7H,4-5,8-9H2,1-3H3,(H,13,16)(H,14,18). The number of nitrogens with zero attached hydrogens (tertiary/aromatic N) is 3. The van der Waals surface area contributed by atoms with Crippen LogP contribution in [0.25, 0.3) is 0 Å². The number of carbonyl (C=O) groups is 1. The molecule has 0 saturated heterocycles. The average molecular weight is 251 g/mol. The largest absolute Gasteiger partial charge is 0.372 e. The molecule has 0 saturated carbocycles. The lowest BCUT2D eigenvalue weighted by Gasteiger charge is -2.09. The van der Waals surface area contributed by atoms with Crippen molar-refractivity contribution in [3.8, 4) is 0 Å². The van der Waals surface area contributed by atoms with Gasteiger partial charge in [-0.2, -0.15) is 0 Å². The number of hydrogen-bond donors (Lipinski definition) is 2. The van der Waals surface area contributed by atoms with E-state index in [1.807, 2.05) is 14.1 Å². The van der Waals surface area contributed by atoms with Crippen molar-refractivity contribution in [2.75, 3.05) is 39.5 Å². The first kappa shape index (κ1) is 14.4. The van der Waals surface area contributed by atoms with Crippen molar-refractivity contribution in [3.05, 3.63) is 17.8 Å². The van der Waals surface area contributed by atoms with Crippen molar-refractivity contribution in [2.24, 2.45) is 0 Å². The summed E-state index contributed by atoms with van der Waals surface area (Å²) in [5.74, 6) is 0.479. The van der Waals surface area contributed by atoms with Gasteiger partial charge in [0, 0.05) is 13.6 Å². The lowest BCUT2D eigenvalue weighted by molar-refractivity contribution is 0.0947. The molecule has 0 aliphatic carbocycles. The van der Waals surface area contributed by atoms with Crippen LogP contribution in [0.4, 0.5) is 5.82 Å². The first-order chi connectivity index (χ1) is 8.63. The van der Waals surface area contributed by atoms with Crippen LogP contribution in [0, 0.1) is 0 Å². The fourth-order valence-electron chi connectivity index (χ4n) is 1.43. The van der Waals surface area contributed by atoms with E-state index in [2.05, 4.69) is 25.7 Å². The van der Waals surface area contributed by atoms with Crippen molar-refractivity contribution in [2.45, 2.75) is 12.8 Å². The molecule has 0 fully saturated rings. The Morgan fingerprint density at radius 2 is 2.06 bits per heavy atom. The summed E-state index contributed by atoms with van der Waals surface area (Å²) in [6, 6.07) is 3.39. The maximum atomic E-state index is 11.7. The molecule has 1 aromatic rings. The summed E-state index contributed by atoms with van der Waals surface area (Å²) < 4.78 is 0. The normalized spacial score (nSPS) is 10.4. The molecule has 0 bridgehead atoms. The van der Waals surface area contributed by atoms with Crippen LogP contribution < -0.4 is 10.6 Å². The minimum atomic E-state index is -0.171. The topological polar surface area (TPSA) is 70.2 Å². The molecule has 0 aliphatic rings. The van der Waals surface area contributed by atoms with Gasteiger partial charge in [0.2, 0.25) is 0 Å². The van der Waals surface area contributed by atoms with E-state index >= 15 is 0 Å². The molecule has 18 heavy (non-hydrogen) atoms. The van der Waals surface area contributed by atoms with Gasteiger partial charge in [-0.3, -0.25) is 4.79 Å². The zero-order valence-corrected chi connectivity index (χ0v) is 11.2. The fraction of sp³-hybridized carbons (Fsp3) is 0.583. The van der Waals surface area contributed by atoms with E-state index in [1.165, 1.54) is 0 Å². The minimum Gasteiger partial charge on any atom is -0.372 e. The number of amides is 1. The van der Waals surface area contributed by atoms with Crippen LogP contribution in [0.5, 0.6) is 0 Å². The van der Waals surface area contributed by atoms with E-state index < -0.39 is 0 Å². The molecule has 1 aromatic heterocycles. The smallest absolute Gasteiger partial charge is 0.271 e. The molecular formula is C12H21N5O. The molecule has 0 aliphatic heterocycles. The summed E-state index contributed by atoms with van der Waals surface area (Å²) in [7, 11) is 5.84. The summed E-state index contributed by atoms with van der Waals surface area (Å²) in [5.41, 5.74) is 0.349. The predicted octanol–water partition coefficient (Wildman–Crippen LogP) is 0.590. The van der Waals surface area contributed by atoms with Gasteiger partial charge in [0.15, 0.2) is 5.69 Å². The number of anilines is 1. The quantitative estimate of drug-likeness (QED) is 0.694. The molecule has 0 aromatic carbocycles. The van der Waals surface area contributed by atoms with Crippen molar-refractivity contribution < 1.29 is 4.79 Å². The van der Waals surface area contributed by atoms with E-state index in [1.54, 1.807) is 19.2 Å². The number of unbranched alkanes of at least 4 members (excludes halogenated alkanes) is 1. The molecule has 1 heterocycles. The minimum absolute atomic E-state index is 0.171. The van der Waals surface area contributed by atoms with Gasteiger partial charge in [-0.15, -0.1) is 10.2 Å². The summed E-state index contributed by atoms with van der Waals surface area (Å²) in [6.07, 6.45) is 2.03. The maximum absolute atomic E-state index is 11.7. The molecule has 2 N–H and O–H groups in total. The van der Waals surface area contributed by atoms with Gasteiger partial charge in [0.05, 0.1) is 0 Å². The molecule has 6 nitrogen and oxygen atoms in total. The number of nitrogens with one attached hydrogen (secondary N) is 2. The third-order valence-electron chi connectivity index (χ3n) is 2.47. The zero-order chi connectivity index (χ0) is 13.4. The first-order valence-corrected chi connectivity index (χ1v) is 6.08. The Labute approximate surface area is 108 Å². The highest BCUT2D eigenvalue weighted by atomic mass is 16.1. The predicted molar refractivity (Wildman–Crippen MR) is 71.7 cm³/mol. The van der Waals surface area contributed by atoms with Crippen LogP contribution in [0.2, 0.25) is 0 Å². The third-order valence-corrected chi connectivity index (χ3v) is 2.47. The molecule has 1 rings (SSSR count). The molecule has 6 heteroatoms. The number of rotatable bonds is 7. The van der Waals surface area contributed by atoms with E-state index in [9.17, 15) is 4.79 Å². The van der Waals surface area contributed by atoms with Gasteiger partial charge in [-0.25, -0.2) is 0 Å². The zero-order valence-electron chi connectivity index (χ0n) is 11.2. The second-order valence-corrected chi connectivity index (χ2v) is 4.32. The van der Waals surface area contributed by atoms with Gasteiger partial charge in [-0.05, 0) is 45.6 Å². The van der Waals surface area contributed by atoms with Crippen LogP contribution in [-0.4, -0.2) is 55.2 Å². The Kier molecular flexibility index (Phi) is 6.07. The molecule has 0 radical (unpaired) electrons. The molecule has 0 unspecified atom stereocenters. The Hall–Kier alpha value is -1.69. The second-order valence-electron chi connectivity index (χ2n) is 4.32. The van der Waals surface area contributed by atoms with Crippen LogP contribution in [-0.2, 0) is 0 Å². The van der Waals surface area contributed by atoms with E-state index in [0.717, 1.165) is 19.4 Å². The van der Waals surface area contributed by atoms with Crippen molar-refractivity contribution in [1.29, 1.82) is 0 Å². The Morgan fingerprint density at radius 3 is 2.61 bits per heavy atom. The van der Waals surface area contributed by atoms with Gasteiger partial charge in [0.25, 0.3) is 5.91 Å². The summed E-state index contributed by atoms with van der Waals surface area (Å²) >= 11 is 0. The number of aromatic nitrogens is 2. The van der Waals surface area contributed by atoms with Gasteiger partial charge >= 0.3 is 0 Å². The number of hydrogen-bond acceptors (Lipinski definition) is 5. The number of carbonyl (C=O) groups excluding carboxylic acids is 1. The van der Waals surface area contributed by atoms with Crippen molar-refractivity contribution in [3.63, 3.8) is 0 Å². The van der Waals surface area contributed by atoms with Crippen LogP contribution in [0.1, 0.15) is 23.3 Å². The van der Waals surface area contributed by atoms with E-state index in [4.69, 9.17) is 0 Å². The first-order valence-electron chi connectivity index (χ1n) is 6.08. The molecule has 1 amide bonds. The third kappa shape index (κ3) is 5.09. The van der Waals surface area contributed by atoms with E-state index in [0.29, 0.717) is 18.1 Å². The van der Waals surface area contributed by atoms with Crippen LogP contribution >= 0.6 is 0 Å². The molecular weight excluding hydrogens is 230 g/mol. The highest BCUT2D eigenvalue weighted by Gasteiger charge is 2.06. The highest BCUT2D eigenvalue weighted by Crippen LogP contribution is 2.00. The maximum Gasteiger partial charge on any atom is 0.271 e. The second kappa shape index (κ2) is 7.60. The average Bonchev–Trinajstić information content (AvgIpc) is 2.38. The SMILES string of the molecule is CNc1ccc(C(=O)NCCCCN(C)C)nn1. The highest BCUT2D eigenvalue weighted by molar-refractivity contribution is 5.92. The van der Waals surface area contributed by atoms with Crippen LogP contribution in [0.15, 0.2) is 12.1 Å². The Morgan fingerprint density at radius 1 is 1.28 bits per heavy atom. The summed E-state index contributed by atoms with van der Waals surface area (Å²) in [4.78, 5) is 13.8. The lowest BCUT2D eigenvalue weighted by atomic mass is 10.3. The Bertz CT molecular complexity index is 363. The molecule has 0 spiro atoms. The summed E-state index contributed by atoms with van der Waals surface area (Å²) in [6.45, 7) is 1.70. The molecule has 100 valence electrons. The van der Waals surface area contributed by atoms with Gasteiger partial charge in [0.1, 0.15) is 5.82 Å². The van der Waals surface area contributed by atoms with Crippen LogP contribution in [0.3, 0.4) is 0 Å².